The summed E-state index contributed by atoms with van der Waals surface area (Å²) in [5.74, 6) is -0.575. The lowest BCUT2D eigenvalue weighted by Gasteiger charge is -2.10. The molecule has 7 heteroatoms. The van der Waals surface area contributed by atoms with Crippen LogP contribution in [-0.4, -0.2) is 37.2 Å². The minimum Gasteiger partial charge on any atom is -0.495 e. The van der Waals surface area contributed by atoms with Gasteiger partial charge >= 0.3 is 5.97 Å². The van der Waals surface area contributed by atoms with Crippen molar-refractivity contribution in [2.45, 2.75) is 12.8 Å². The van der Waals surface area contributed by atoms with E-state index in [1.165, 1.54) is 7.11 Å². The summed E-state index contributed by atoms with van der Waals surface area (Å²) in [6.07, 6.45) is 0.555. The van der Waals surface area contributed by atoms with E-state index in [2.05, 4.69) is 10.6 Å². The lowest BCUT2D eigenvalue weighted by Crippen LogP contribution is -2.29. The van der Waals surface area contributed by atoms with Crippen molar-refractivity contribution in [2.24, 2.45) is 0 Å². The molecule has 0 unspecified atom stereocenters. The molecule has 0 aromatic heterocycles. The summed E-state index contributed by atoms with van der Waals surface area (Å²) in [5, 5.41) is 14.5. The van der Waals surface area contributed by atoms with E-state index in [4.69, 9.17) is 21.4 Å². The third-order valence-electron chi connectivity index (χ3n) is 2.47. The van der Waals surface area contributed by atoms with Gasteiger partial charge in [0.2, 0.25) is 5.91 Å². The maximum atomic E-state index is 11.7. The Balaban J connectivity index is 2.38. The van der Waals surface area contributed by atoms with Gasteiger partial charge in [0.15, 0.2) is 0 Å². The number of hydrogen-bond donors (Lipinski definition) is 3. The third kappa shape index (κ3) is 5.90. The third-order valence-corrected chi connectivity index (χ3v) is 2.70. The fraction of sp³-hybridized carbons (Fsp3) is 0.385. The largest absolute Gasteiger partial charge is 0.495 e. The molecule has 1 rings (SSSR count). The van der Waals surface area contributed by atoms with E-state index in [9.17, 15) is 9.59 Å². The van der Waals surface area contributed by atoms with Crippen molar-refractivity contribution in [3.05, 3.63) is 23.2 Å². The Hall–Kier alpha value is -1.79. The second kappa shape index (κ2) is 8.39. The number of amides is 1. The Kier molecular flexibility index (Phi) is 6.83. The predicted molar refractivity (Wildman–Crippen MR) is 76.4 cm³/mol. The second-order valence-electron chi connectivity index (χ2n) is 4.07. The number of halogens is 1. The highest BCUT2D eigenvalue weighted by molar-refractivity contribution is 6.31. The van der Waals surface area contributed by atoms with E-state index in [1.54, 1.807) is 18.2 Å². The van der Waals surface area contributed by atoms with Crippen LogP contribution in [0.25, 0.3) is 0 Å². The molecule has 0 aliphatic carbocycles. The fourth-order valence-electron chi connectivity index (χ4n) is 1.54. The molecule has 0 aliphatic rings. The van der Waals surface area contributed by atoms with Crippen LogP contribution >= 0.6 is 11.6 Å². The van der Waals surface area contributed by atoms with Gasteiger partial charge in [-0.15, -0.1) is 0 Å². The van der Waals surface area contributed by atoms with Gasteiger partial charge in [-0.2, -0.15) is 0 Å². The molecule has 6 nitrogen and oxygen atoms in total. The van der Waals surface area contributed by atoms with E-state index in [-0.39, 0.29) is 18.9 Å². The smallest absolute Gasteiger partial charge is 0.303 e. The fourth-order valence-corrected chi connectivity index (χ4v) is 1.71. The summed E-state index contributed by atoms with van der Waals surface area (Å²) in [7, 11) is 1.50. The Morgan fingerprint density at radius 2 is 2.15 bits per heavy atom. The van der Waals surface area contributed by atoms with Crippen LogP contribution in [0.3, 0.4) is 0 Å². The molecule has 0 heterocycles. The number of methoxy groups -OCH3 is 1. The minimum absolute atomic E-state index is 0.0801. The first-order valence-electron chi connectivity index (χ1n) is 6.09. The van der Waals surface area contributed by atoms with Crippen LogP contribution in [0, 0.1) is 0 Å². The van der Waals surface area contributed by atoms with Crippen LogP contribution in [0.4, 0.5) is 5.69 Å². The lowest BCUT2D eigenvalue weighted by molar-refractivity contribution is -0.137. The van der Waals surface area contributed by atoms with Gasteiger partial charge in [0.05, 0.1) is 19.3 Å². The normalized spacial score (nSPS) is 10.1. The molecule has 0 atom stereocenters. The quantitative estimate of drug-likeness (QED) is 0.637. The number of carboxylic acids is 1. The van der Waals surface area contributed by atoms with Crippen LogP contribution in [0.2, 0.25) is 5.02 Å². The molecule has 0 aliphatic heterocycles. The molecule has 0 spiro atoms. The number of carbonyl (C=O) groups is 2. The number of nitrogens with one attached hydrogen (secondary N) is 2. The van der Waals surface area contributed by atoms with Crippen LogP contribution in [0.15, 0.2) is 18.2 Å². The molecule has 20 heavy (non-hydrogen) atoms. The number of benzene rings is 1. The Labute approximate surface area is 122 Å². The topological polar surface area (TPSA) is 87.7 Å². The van der Waals surface area contributed by atoms with Gasteiger partial charge in [-0.25, -0.2) is 0 Å². The number of hydrogen-bond acceptors (Lipinski definition) is 4. The van der Waals surface area contributed by atoms with Crippen LogP contribution in [-0.2, 0) is 9.59 Å². The van der Waals surface area contributed by atoms with Crippen molar-refractivity contribution in [1.82, 2.24) is 5.32 Å². The average Bonchev–Trinajstić information content (AvgIpc) is 2.38. The van der Waals surface area contributed by atoms with Gasteiger partial charge < -0.3 is 20.5 Å². The van der Waals surface area contributed by atoms with E-state index < -0.39 is 5.97 Å². The zero-order valence-corrected chi connectivity index (χ0v) is 11.9. The minimum atomic E-state index is -0.847. The number of carboxylic acid groups (broad SMARTS) is 1. The van der Waals surface area contributed by atoms with Crippen molar-refractivity contribution in [2.75, 3.05) is 25.5 Å². The lowest BCUT2D eigenvalue weighted by atomic mass is 10.3. The van der Waals surface area contributed by atoms with Crippen molar-refractivity contribution >= 4 is 29.2 Å². The average molecular weight is 301 g/mol. The highest BCUT2D eigenvalue weighted by Gasteiger charge is 2.08. The number of carbonyl (C=O) groups excluding carboxylic acids is 1. The molecule has 3 N–H and O–H groups in total. The first-order chi connectivity index (χ1) is 9.52. The van der Waals surface area contributed by atoms with Crippen molar-refractivity contribution in [1.29, 1.82) is 0 Å². The van der Waals surface area contributed by atoms with Crippen LogP contribution in [0.5, 0.6) is 5.75 Å². The van der Waals surface area contributed by atoms with Gasteiger partial charge in [-0.1, -0.05) is 11.6 Å². The molecular weight excluding hydrogens is 284 g/mol. The molecule has 110 valence electrons. The van der Waals surface area contributed by atoms with Crippen LogP contribution in [0.1, 0.15) is 12.8 Å². The van der Waals surface area contributed by atoms with Crippen molar-refractivity contribution < 1.29 is 19.4 Å². The van der Waals surface area contributed by atoms with E-state index in [0.29, 0.717) is 29.4 Å². The first-order valence-corrected chi connectivity index (χ1v) is 6.46. The molecule has 0 saturated heterocycles. The number of anilines is 1. The van der Waals surface area contributed by atoms with Gasteiger partial charge in [0.1, 0.15) is 5.75 Å². The highest BCUT2D eigenvalue weighted by atomic mass is 35.5. The summed E-state index contributed by atoms with van der Waals surface area (Å²) in [4.78, 5) is 22.0. The van der Waals surface area contributed by atoms with Gasteiger partial charge in [-0.3, -0.25) is 9.59 Å². The summed E-state index contributed by atoms with van der Waals surface area (Å²) in [6, 6.07) is 4.93. The maximum absolute atomic E-state index is 11.7. The Morgan fingerprint density at radius 3 is 2.80 bits per heavy atom. The molecule has 0 saturated carbocycles. The van der Waals surface area contributed by atoms with Crippen LogP contribution < -0.4 is 15.4 Å². The molecule has 0 bridgehead atoms. The number of aliphatic carboxylic acids is 1. The maximum Gasteiger partial charge on any atom is 0.303 e. The zero-order valence-electron chi connectivity index (χ0n) is 11.1. The van der Waals surface area contributed by atoms with Gasteiger partial charge in [-0.05, 0) is 31.2 Å². The first kappa shape index (κ1) is 16.3. The molecule has 1 aromatic rings. The standard InChI is InChI=1S/C13H17ClN2O4/c1-20-11-5-4-9(14)7-10(11)16-12(17)8-15-6-2-3-13(18)19/h4-5,7,15H,2-3,6,8H2,1H3,(H,16,17)(H,18,19). The summed E-state index contributed by atoms with van der Waals surface area (Å²) in [6.45, 7) is 0.557. The molecular formula is C13H17ClN2O4. The summed E-state index contributed by atoms with van der Waals surface area (Å²) >= 11 is 5.85. The van der Waals surface area contributed by atoms with Crippen molar-refractivity contribution in [3.63, 3.8) is 0 Å². The van der Waals surface area contributed by atoms with Gasteiger partial charge in [0.25, 0.3) is 0 Å². The molecule has 0 fully saturated rings. The van der Waals surface area contributed by atoms with Gasteiger partial charge in [0, 0.05) is 11.4 Å². The monoisotopic (exact) mass is 300 g/mol. The predicted octanol–water partition coefficient (Wildman–Crippen LogP) is 1.74. The zero-order chi connectivity index (χ0) is 15.0. The molecule has 1 aromatic carbocycles. The van der Waals surface area contributed by atoms with E-state index in [1.807, 2.05) is 0 Å². The number of rotatable bonds is 8. The molecule has 1 amide bonds. The van der Waals surface area contributed by atoms with E-state index in [0.717, 1.165) is 0 Å². The second-order valence-corrected chi connectivity index (χ2v) is 4.50. The highest BCUT2D eigenvalue weighted by Crippen LogP contribution is 2.27. The SMILES string of the molecule is COc1ccc(Cl)cc1NC(=O)CNCCCC(=O)O. The molecule has 0 radical (unpaired) electrons. The Bertz CT molecular complexity index is 479. The van der Waals surface area contributed by atoms with E-state index >= 15 is 0 Å². The summed E-state index contributed by atoms with van der Waals surface area (Å²) < 4.78 is 5.11. The summed E-state index contributed by atoms with van der Waals surface area (Å²) in [5.41, 5.74) is 0.498. The Morgan fingerprint density at radius 1 is 1.40 bits per heavy atom. The van der Waals surface area contributed by atoms with Crippen molar-refractivity contribution in [3.8, 4) is 5.75 Å². The number of ether oxygens (including phenoxy) is 1.